The molecule has 0 amide bonds. The first-order valence-corrected chi connectivity index (χ1v) is 23.8. The fourth-order valence-electron chi connectivity index (χ4n) is 13.7. The Kier molecular flexibility index (Phi) is 7.59. The molecule has 14 rings (SSSR count). The molecule has 1 aromatic heterocycles. The minimum atomic E-state index is -0.151. The van der Waals surface area contributed by atoms with Crippen molar-refractivity contribution in [2.24, 2.45) is 0 Å². The molecule has 4 aliphatic heterocycles. The van der Waals surface area contributed by atoms with E-state index in [-0.39, 0.29) is 24.3 Å². The molecule has 4 heteroatoms. The zero-order valence-electron chi connectivity index (χ0n) is 38.4. The zero-order valence-corrected chi connectivity index (χ0v) is 38.4. The van der Waals surface area contributed by atoms with Crippen LogP contribution in [0.1, 0.15) is 61.1 Å². The third-order valence-corrected chi connectivity index (χ3v) is 16.3. The first-order valence-electron chi connectivity index (χ1n) is 23.8. The van der Waals surface area contributed by atoms with Crippen LogP contribution in [0.25, 0.3) is 49.7 Å². The van der Waals surface area contributed by atoms with Crippen molar-refractivity contribution in [2.75, 3.05) is 4.90 Å². The molecule has 0 N–H and O–H groups in total. The number of aromatic nitrogens is 1. The molecular weight excluding hydrogens is 794 g/mol. The van der Waals surface area contributed by atoms with Gasteiger partial charge in [-0.15, -0.1) is 0 Å². The molecule has 10 aromatic rings. The highest BCUT2D eigenvalue weighted by Gasteiger charge is 2.52. The number of hydrogen-bond acceptors (Lipinski definition) is 1. The van der Waals surface area contributed by atoms with Crippen LogP contribution in [0.15, 0.2) is 182 Å². The molecule has 0 unspecified atom stereocenters. The normalized spacial score (nSPS) is 15.3. The van der Waals surface area contributed by atoms with Gasteiger partial charge in [-0.05, 0) is 134 Å². The minimum Gasteiger partial charge on any atom is -0.313 e. The maximum absolute atomic E-state index is 2.69. The number of nitrogens with zero attached hydrogens (tertiary/aromatic N) is 2. The van der Waals surface area contributed by atoms with Crippen LogP contribution in [0.5, 0.6) is 0 Å². The van der Waals surface area contributed by atoms with E-state index in [9.17, 15) is 0 Å². The van der Waals surface area contributed by atoms with E-state index in [1.165, 1.54) is 133 Å². The van der Waals surface area contributed by atoms with Gasteiger partial charge in [-0.2, -0.15) is 0 Å². The van der Waals surface area contributed by atoms with E-state index in [0.29, 0.717) is 0 Å². The van der Waals surface area contributed by atoms with Gasteiger partial charge in [-0.25, -0.2) is 0 Å². The lowest BCUT2D eigenvalue weighted by molar-refractivity contribution is 0.640. The summed E-state index contributed by atoms with van der Waals surface area (Å²) in [4.78, 5) is 2.69. The second-order valence-electron chi connectivity index (χ2n) is 20.5. The Bertz CT molecular complexity index is 3600. The van der Waals surface area contributed by atoms with Crippen LogP contribution in [0.4, 0.5) is 17.1 Å². The van der Waals surface area contributed by atoms with Gasteiger partial charge in [0.25, 0.3) is 0 Å². The Morgan fingerprint density at radius 1 is 0.394 bits per heavy atom. The molecular formula is C62H48B2N2. The van der Waals surface area contributed by atoms with Crippen molar-refractivity contribution >= 4 is 85.1 Å². The van der Waals surface area contributed by atoms with Gasteiger partial charge in [0.15, 0.2) is 0 Å². The number of anilines is 3. The predicted octanol–water partition coefficient (Wildman–Crippen LogP) is 11.1. The standard InChI is InChI=1S/C62H48B2N2/c1-37-24-31-54-58-56(37)61(3,4)46-19-11-13-21-48(46)63(58)50-35-42(36-51-60(50)66(54)55-32-25-38(2)57-59(55)64(51)49-22-14-12-20-47(49)62(57,5)6)40-28-26-39(27-29-40)41-30-33-53-45(34-41)44-18-10-15-23-52(44)65(53)43-16-8-7-9-17-43/h7-36H,1-6H3. The summed E-state index contributed by atoms with van der Waals surface area (Å²) in [6.45, 7) is 14.7. The summed E-state index contributed by atoms with van der Waals surface area (Å²) in [5.41, 5.74) is 29.5. The van der Waals surface area contributed by atoms with Gasteiger partial charge in [0, 0.05) is 44.4 Å². The minimum absolute atomic E-state index is 0.106. The molecule has 0 saturated carbocycles. The van der Waals surface area contributed by atoms with Crippen molar-refractivity contribution in [2.45, 2.75) is 52.4 Å². The van der Waals surface area contributed by atoms with Gasteiger partial charge in [-0.1, -0.05) is 178 Å². The van der Waals surface area contributed by atoms with Crippen LogP contribution >= 0.6 is 0 Å². The van der Waals surface area contributed by atoms with Gasteiger partial charge in [0.05, 0.1) is 11.0 Å². The number of benzene rings is 9. The van der Waals surface area contributed by atoms with E-state index in [1.54, 1.807) is 0 Å². The molecule has 0 bridgehead atoms. The lowest BCUT2D eigenvalue weighted by Gasteiger charge is -2.51. The van der Waals surface area contributed by atoms with E-state index < -0.39 is 0 Å². The number of rotatable bonds is 3. The molecule has 5 heterocycles. The van der Waals surface area contributed by atoms with Crippen molar-refractivity contribution in [3.8, 4) is 27.9 Å². The van der Waals surface area contributed by atoms with Crippen molar-refractivity contribution in [3.63, 3.8) is 0 Å². The average Bonchev–Trinajstić information content (AvgIpc) is 3.67. The molecule has 0 aliphatic carbocycles. The fourth-order valence-corrected chi connectivity index (χ4v) is 13.7. The topological polar surface area (TPSA) is 8.17 Å². The van der Waals surface area contributed by atoms with E-state index in [0.717, 1.165) is 0 Å². The monoisotopic (exact) mass is 842 g/mol. The quantitative estimate of drug-likeness (QED) is 0.161. The first kappa shape index (κ1) is 38.0. The Morgan fingerprint density at radius 2 is 0.879 bits per heavy atom. The lowest BCUT2D eigenvalue weighted by Crippen LogP contribution is -2.70. The molecule has 312 valence electrons. The third-order valence-electron chi connectivity index (χ3n) is 16.3. The molecule has 0 radical (unpaired) electrons. The van der Waals surface area contributed by atoms with Gasteiger partial charge < -0.3 is 9.47 Å². The van der Waals surface area contributed by atoms with Crippen LogP contribution < -0.4 is 37.7 Å². The first-order chi connectivity index (χ1) is 32.1. The summed E-state index contributed by atoms with van der Waals surface area (Å²) in [5.74, 6) is 0. The highest BCUT2D eigenvalue weighted by molar-refractivity contribution is 7.03. The Hall–Kier alpha value is -7.29. The van der Waals surface area contributed by atoms with Crippen LogP contribution in [-0.4, -0.2) is 18.0 Å². The second-order valence-corrected chi connectivity index (χ2v) is 20.5. The number of aryl methyl sites for hydroxylation is 2. The SMILES string of the molecule is Cc1ccc2c3c1C(C)(C)c1ccccc1B3c1cc(-c3ccc(-c4ccc5c(c4)c4ccccc4n5-c4ccccc4)cc3)cc3c1N2c1ccc(C)c2c1B3c1ccccc1C2(C)C. The van der Waals surface area contributed by atoms with Gasteiger partial charge in [0.1, 0.15) is 0 Å². The molecule has 2 nitrogen and oxygen atoms in total. The molecule has 0 atom stereocenters. The maximum Gasteiger partial charge on any atom is 0.247 e. The highest BCUT2D eigenvalue weighted by atomic mass is 15.2. The molecule has 9 aromatic carbocycles. The number of para-hydroxylation sites is 2. The van der Waals surface area contributed by atoms with Gasteiger partial charge in [0.2, 0.25) is 13.4 Å². The summed E-state index contributed by atoms with van der Waals surface area (Å²) in [5, 5.41) is 2.54. The number of hydrogen-bond donors (Lipinski definition) is 0. The summed E-state index contributed by atoms with van der Waals surface area (Å²) in [7, 11) is 0. The van der Waals surface area contributed by atoms with Gasteiger partial charge >= 0.3 is 0 Å². The number of fused-ring (bicyclic) bond motifs is 11. The van der Waals surface area contributed by atoms with Crippen LogP contribution in [-0.2, 0) is 10.8 Å². The van der Waals surface area contributed by atoms with Crippen LogP contribution in [0.2, 0.25) is 0 Å². The van der Waals surface area contributed by atoms with E-state index >= 15 is 0 Å². The molecule has 0 fully saturated rings. The average molecular weight is 843 g/mol. The van der Waals surface area contributed by atoms with E-state index in [4.69, 9.17) is 0 Å². The van der Waals surface area contributed by atoms with Gasteiger partial charge in [-0.3, -0.25) is 0 Å². The lowest BCUT2D eigenvalue weighted by atomic mass is 9.26. The summed E-state index contributed by atoms with van der Waals surface area (Å²) >= 11 is 0. The Balaban J connectivity index is 1.00. The molecule has 66 heavy (non-hydrogen) atoms. The summed E-state index contributed by atoms with van der Waals surface area (Å²) in [6, 6.07) is 69.4. The van der Waals surface area contributed by atoms with Crippen molar-refractivity contribution in [3.05, 3.63) is 215 Å². The summed E-state index contributed by atoms with van der Waals surface area (Å²) < 4.78 is 2.39. The zero-order chi connectivity index (χ0) is 44.4. The Labute approximate surface area is 388 Å². The van der Waals surface area contributed by atoms with E-state index in [1.807, 2.05) is 0 Å². The van der Waals surface area contributed by atoms with Crippen molar-refractivity contribution in [1.82, 2.24) is 4.57 Å². The largest absolute Gasteiger partial charge is 0.313 e. The Morgan fingerprint density at radius 3 is 1.47 bits per heavy atom. The molecule has 0 spiro atoms. The fraction of sp³-hybridized carbons (Fsp3) is 0.129. The van der Waals surface area contributed by atoms with E-state index in [2.05, 4.69) is 233 Å². The second kappa shape index (κ2) is 13.2. The highest BCUT2D eigenvalue weighted by Crippen LogP contribution is 2.48. The van der Waals surface area contributed by atoms with Crippen LogP contribution in [0, 0.1) is 13.8 Å². The smallest absolute Gasteiger partial charge is 0.247 e. The van der Waals surface area contributed by atoms with Crippen LogP contribution in [0.3, 0.4) is 0 Å². The third kappa shape index (κ3) is 4.84. The van der Waals surface area contributed by atoms with Crippen molar-refractivity contribution < 1.29 is 0 Å². The van der Waals surface area contributed by atoms with Crippen molar-refractivity contribution in [1.29, 1.82) is 0 Å². The predicted molar refractivity (Wildman–Crippen MR) is 282 cm³/mol. The maximum atomic E-state index is 2.69. The molecule has 4 aliphatic rings. The summed E-state index contributed by atoms with van der Waals surface area (Å²) in [6.07, 6.45) is 0. The molecule has 0 saturated heterocycles.